The molecule has 0 aromatic rings. The van der Waals surface area contributed by atoms with Crippen molar-refractivity contribution in [3.63, 3.8) is 0 Å². The fourth-order valence-electron chi connectivity index (χ4n) is 5.34. The van der Waals surface area contributed by atoms with E-state index in [1.807, 2.05) is 20.8 Å². The summed E-state index contributed by atoms with van der Waals surface area (Å²) in [6.07, 6.45) is 19.5. The van der Waals surface area contributed by atoms with Crippen LogP contribution in [0.4, 0.5) is 0 Å². The summed E-state index contributed by atoms with van der Waals surface area (Å²) in [5.41, 5.74) is 0. The molecule has 0 amide bonds. The Morgan fingerprint density at radius 2 is 1.40 bits per heavy atom. The molecule has 2 rings (SSSR count). The first-order valence-electron chi connectivity index (χ1n) is 13.2. The lowest BCUT2D eigenvalue weighted by atomic mass is 9.84. The molecule has 0 N–H and O–H groups in total. The molecule has 30 heavy (non-hydrogen) atoms. The highest BCUT2D eigenvalue weighted by Gasteiger charge is 2.43. The van der Waals surface area contributed by atoms with Crippen molar-refractivity contribution in [2.24, 2.45) is 11.8 Å². The van der Waals surface area contributed by atoms with Crippen molar-refractivity contribution < 1.29 is 18.9 Å². The Kier molecular flexibility index (Phi) is 12.9. The number of fused-ring (bicyclic) bond motifs is 1. The van der Waals surface area contributed by atoms with E-state index >= 15 is 0 Å². The lowest BCUT2D eigenvalue weighted by molar-refractivity contribution is -0.380. The highest BCUT2D eigenvalue weighted by molar-refractivity contribution is 4.91. The van der Waals surface area contributed by atoms with Crippen LogP contribution in [-0.2, 0) is 18.9 Å². The van der Waals surface area contributed by atoms with Crippen LogP contribution in [-0.4, -0.2) is 38.0 Å². The number of ether oxygens (including phenoxy) is 4. The van der Waals surface area contributed by atoms with Crippen molar-refractivity contribution in [1.29, 1.82) is 0 Å². The summed E-state index contributed by atoms with van der Waals surface area (Å²) in [4.78, 5) is 0. The van der Waals surface area contributed by atoms with Gasteiger partial charge in [0.2, 0.25) is 0 Å². The predicted molar refractivity (Wildman–Crippen MR) is 124 cm³/mol. The Balaban J connectivity index is 1.70. The van der Waals surface area contributed by atoms with E-state index in [1.165, 1.54) is 77.0 Å². The molecule has 0 bridgehead atoms. The van der Waals surface area contributed by atoms with E-state index in [4.69, 9.17) is 18.9 Å². The van der Waals surface area contributed by atoms with Gasteiger partial charge in [-0.05, 0) is 58.3 Å². The quantitative estimate of drug-likeness (QED) is 0.124. The minimum atomic E-state index is -0.837. The molecule has 1 heterocycles. The van der Waals surface area contributed by atoms with Gasteiger partial charge in [0.1, 0.15) is 0 Å². The van der Waals surface area contributed by atoms with Crippen LogP contribution in [0.5, 0.6) is 0 Å². The number of hydrogen-bond acceptors (Lipinski definition) is 4. The van der Waals surface area contributed by atoms with Crippen molar-refractivity contribution in [3.05, 3.63) is 0 Å². The van der Waals surface area contributed by atoms with Gasteiger partial charge in [-0.2, -0.15) is 0 Å². The summed E-state index contributed by atoms with van der Waals surface area (Å²) in [6, 6.07) is 0. The second kappa shape index (κ2) is 14.8. The third kappa shape index (κ3) is 9.54. The first-order valence-corrected chi connectivity index (χ1v) is 13.2. The summed E-state index contributed by atoms with van der Waals surface area (Å²) in [7, 11) is 0. The van der Waals surface area contributed by atoms with Gasteiger partial charge in [0, 0.05) is 26.2 Å². The van der Waals surface area contributed by atoms with E-state index in [0.717, 1.165) is 24.7 Å². The van der Waals surface area contributed by atoms with Gasteiger partial charge >= 0.3 is 0 Å². The van der Waals surface area contributed by atoms with Crippen molar-refractivity contribution >= 4 is 0 Å². The maximum Gasteiger partial charge on any atom is 0.282 e. The zero-order valence-electron chi connectivity index (χ0n) is 20.5. The van der Waals surface area contributed by atoms with Gasteiger partial charge in [0.05, 0.1) is 12.2 Å². The van der Waals surface area contributed by atoms with E-state index in [9.17, 15) is 0 Å². The third-order valence-electron chi connectivity index (χ3n) is 6.99. The van der Waals surface area contributed by atoms with E-state index in [-0.39, 0.29) is 0 Å². The van der Waals surface area contributed by atoms with Crippen molar-refractivity contribution in [2.45, 2.75) is 136 Å². The second-order valence-electron chi connectivity index (χ2n) is 9.41. The zero-order chi connectivity index (χ0) is 21.7. The molecule has 1 aliphatic heterocycles. The Hall–Kier alpha value is -0.160. The van der Waals surface area contributed by atoms with E-state index in [2.05, 4.69) is 6.92 Å². The molecule has 0 aromatic heterocycles. The lowest BCUT2D eigenvalue weighted by Crippen LogP contribution is -2.39. The summed E-state index contributed by atoms with van der Waals surface area (Å²) >= 11 is 0. The molecule has 0 aromatic carbocycles. The molecular formula is C26H50O4. The molecule has 4 nitrogen and oxygen atoms in total. The highest BCUT2D eigenvalue weighted by atomic mass is 16.9. The zero-order valence-corrected chi connectivity index (χ0v) is 20.5. The van der Waals surface area contributed by atoms with Gasteiger partial charge < -0.3 is 18.9 Å². The third-order valence-corrected chi connectivity index (χ3v) is 6.99. The van der Waals surface area contributed by atoms with Crippen LogP contribution in [0.15, 0.2) is 0 Å². The molecule has 2 aliphatic rings. The predicted octanol–water partition coefficient (Wildman–Crippen LogP) is 7.24. The van der Waals surface area contributed by atoms with Gasteiger partial charge in [-0.3, -0.25) is 0 Å². The van der Waals surface area contributed by atoms with Crippen LogP contribution in [0.1, 0.15) is 118 Å². The largest absolute Gasteiger partial charge is 0.370 e. The van der Waals surface area contributed by atoms with Crippen LogP contribution >= 0.6 is 0 Å². The molecule has 1 saturated carbocycles. The highest BCUT2D eigenvalue weighted by Crippen LogP contribution is 2.41. The van der Waals surface area contributed by atoms with Gasteiger partial charge in [-0.1, -0.05) is 64.7 Å². The molecule has 178 valence electrons. The minimum Gasteiger partial charge on any atom is -0.370 e. The van der Waals surface area contributed by atoms with Gasteiger partial charge in [0.25, 0.3) is 5.97 Å². The normalized spacial score (nSPS) is 24.6. The molecule has 0 spiro atoms. The van der Waals surface area contributed by atoms with Gasteiger partial charge in [-0.15, -0.1) is 0 Å². The minimum absolute atomic E-state index is 0.619. The number of unbranched alkanes of at least 4 members (excludes halogenated alkanes) is 3. The molecule has 0 radical (unpaired) electrons. The van der Waals surface area contributed by atoms with Crippen LogP contribution in [0, 0.1) is 11.8 Å². The fraction of sp³-hybridized carbons (Fsp3) is 1.00. The second-order valence-corrected chi connectivity index (χ2v) is 9.41. The first-order chi connectivity index (χ1) is 14.7. The van der Waals surface area contributed by atoms with E-state index < -0.39 is 5.97 Å². The SMILES string of the molecule is CCCCCC(CCCCC1CCC2OC2C1)CCCC(OCC)(OCC)OCC. The molecule has 1 aliphatic carbocycles. The van der Waals surface area contributed by atoms with Gasteiger partial charge in [-0.25, -0.2) is 0 Å². The van der Waals surface area contributed by atoms with E-state index in [0.29, 0.717) is 32.0 Å². The maximum atomic E-state index is 5.91. The lowest BCUT2D eigenvalue weighted by Gasteiger charge is -2.32. The number of hydrogen-bond donors (Lipinski definition) is 0. The van der Waals surface area contributed by atoms with Crippen molar-refractivity contribution in [1.82, 2.24) is 0 Å². The molecule has 1 saturated heterocycles. The molecule has 4 atom stereocenters. The Bertz CT molecular complexity index is 410. The van der Waals surface area contributed by atoms with E-state index in [1.54, 1.807) is 0 Å². The van der Waals surface area contributed by atoms with Crippen LogP contribution in [0.2, 0.25) is 0 Å². The van der Waals surface area contributed by atoms with Gasteiger partial charge in [0.15, 0.2) is 0 Å². The first kappa shape index (κ1) is 26.1. The standard InChI is InChI=1S/C26H50O4/c1-5-9-10-14-22(15-11-12-16-23-18-19-24-25(21-23)30-24)17-13-20-26(27-6-2,28-7-3)29-8-4/h22-25H,5-21H2,1-4H3. The number of rotatable bonds is 19. The topological polar surface area (TPSA) is 40.2 Å². The molecular weight excluding hydrogens is 376 g/mol. The van der Waals surface area contributed by atoms with Crippen LogP contribution in [0.25, 0.3) is 0 Å². The Morgan fingerprint density at radius 3 is 2.00 bits per heavy atom. The fourth-order valence-corrected chi connectivity index (χ4v) is 5.34. The van der Waals surface area contributed by atoms with Crippen LogP contribution < -0.4 is 0 Å². The van der Waals surface area contributed by atoms with Crippen molar-refractivity contribution in [3.8, 4) is 0 Å². The Morgan fingerprint density at radius 1 is 0.767 bits per heavy atom. The monoisotopic (exact) mass is 426 g/mol. The Labute approximate surface area is 186 Å². The summed E-state index contributed by atoms with van der Waals surface area (Å²) in [5, 5.41) is 0. The summed E-state index contributed by atoms with van der Waals surface area (Å²) < 4.78 is 23.4. The molecule has 4 heteroatoms. The average molecular weight is 427 g/mol. The van der Waals surface area contributed by atoms with Crippen molar-refractivity contribution in [2.75, 3.05) is 19.8 Å². The average Bonchev–Trinajstić information content (AvgIpc) is 3.50. The summed E-state index contributed by atoms with van der Waals surface area (Å²) in [6.45, 7) is 10.2. The molecule has 2 fully saturated rings. The number of epoxide rings is 1. The smallest absolute Gasteiger partial charge is 0.282 e. The maximum absolute atomic E-state index is 5.91. The summed E-state index contributed by atoms with van der Waals surface area (Å²) in [5.74, 6) is 0.925. The molecule has 4 unspecified atom stereocenters. The van der Waals surface area contributed by atoms with Crippen LogP contribution in [0.3, 0.4) is 0 Å².